The van der Waals surface area contributed by atoms with Crippen molar-refractivity contribution in [3.05, 3.63) is 70.4 Å². The molecule has 0 unspecified atom stereocenters. The van der Waals surface area contributed by atoms with E-state index < -0.39 is 35.2 Å². The Labute approximate surface area is 154 Å². The second kappa shape index (κ2) is 7.91. The minimum Gasteiger partial charge on any atom is -0.314 e. The van der Waals surface area contributed by atoms with Crippen LogP contribution < -0.4 is 10.6 Å². The quantitative estimate of drug-likeness (QED) is 0.586. The fraction of sp³-hybridized carbons (Fsp3) is 0.118. The van der Waals surface area contributed by atoms with Gasteiger partial charge in [-0.15, -0.1) is 0 Å². The molecule has 0 aliphatic heterocycles. The van der Waals surface area contributed by atoms with Crippen molar-refractivity contribution in [1.82, 2.24) is 5.32 Å². The lowest BCUT2D eigenvalue weighted by molar-refractivity contribution is -0.143. The van der Waals surface area contributed by atoms with Gasteiger partial charge in [0.2, 0.25) is 0 Å². The van der Waals surface area contributed by atoms with E-state index in [9.17, 15) is 31.1 Å². The predicted octanol–water partition coefficient (Wildman–Crippen LogP) is 6.17. The van der Waals surface area contributed by atoms with Crippen LogP contribution in [0.25, 0.3) is 6.08 Å². The number of anilines is 1. The van der Waals surface area contributed by atoms with Gasteiger partial charge in [-0.05, 0) is 42.0 Å². The van der Waals surface area contributed by atoms with Gasteiger partial charge in [0, 0.05) is 16.9 Å². The minimum atomic E-state index is -5.00. The van der Waals surface area contributed by atoms with E-state index in [2.05, 4.69) is 5.32 Å². The van der Waals surface area contributed by atoms with E-state index >= 15 is 0 Å². The van der Waals surface area contributed by atoms with Crippen LogP contribution in [0.3, 0.4) is 0 Å². The SMILES string of the molecule is O=C(N/C=C/c1ccc(Cl)cc1)Nc1cc(C(F)(F)F)cc(C(F)(F)F)c1. The maximum atomic E-state index is 12.8. The van der Waals surface area contributed by atoms with Crippen LogP contribution in [0.1, 0.15) is 16.7 Å². The summed E-state index contributed by atoms with van der Waals surface area (Å²) >= 11 is 5.71. The number of urea groups is 1. The monoisotopic (exact) mass is 408 g/mol. The number of alkyl halides is 6. The Bertz CT molecular complexity index is 812. The molecule has 10 heteroatoms. The lowest BCUT2D eigenvalue weighted by atomic mass is 10.1. The molecule has 2 aromatic carbocycles. The van der Waals surface area contributed by atoms with Gasteiger partial charge in [-0.25, -0.2) is 4.79 Å². The summed E-state index contributed by atoms with van der Waals surface area (Å²) in [5.41, 5.74) is -3.03. The number of hydrogen-bond acceptors (Lipinski definition) is 1. The zero-order valence-corrected chi connectivity index (χ0v) is 14.0. The molecular weight excluding hydrogens is 398 g/mol. The normalized spacial score (nSPS) is 12.3. The molecule has 2 N–H and O–H groups in total. The highest BCUT2D eigenvalue weighted by molar-refractivity contribution is 6.30. The van der Waals surface area contributed by atoms with Crippen LogP contribution in [0.2, 0.25) is 5.02 Å². The Balaban J connectivity index is 2.13. The Morgan fingerprint density at radius 1 is 0.889 bits per heavy atom. The predicted molar refractivity (Wildman–Crippen MR) is 89.1 cm³/mol. The average Bonchev–Trinajstić information content (AvgIpc) is 2.55. The standard InChI is InChI=1S/C17H11ClF6N2O/c18-13-3-1-10(2-4-13)5-6-25-15(27)26-14-8-11(16(19,20)21)7-12(9-14)17(22,23)24/h1-9H,(H2,25,26,27)/b6-5+. The van der Waals surface area contributed by atoms with Gasteiger partial charge in [0.1, 0.15) is 0 Å². The van der Waals surface area contributed by atoms with Crippen molar-refractivity contribution < 1.29 is 31.1 Å². The number of halogens is 7. The average molecular weight is 409 g/mol. The van der Waals surface area contributed by atoms with Crippen molar-refractivity contribution >= 4 is 29.4 Å². The van der Waals surface area contributed by atoms with Crippen molar-refractivity contribution in [2.24, 2.45) is 0 Å². The molecule has 0 atom stereocenters. The summed E-state index contributed by atoms with van der Waals surface area (Å²) in [6.45, 7) is 0. The fourth-order valence-electron chi connectivity index (χ4n) is 1.98. The summed E-state index contributed by atoms with van der Waals surface area (Å²) in [5, 5.41) is 4.63. The van der Waals surface area contributed by atoms with Gasteiger partial charge >= 0.3 is 18.4 Å². The Hall–Kier alpha value is -2.68. The van der Waals surface area contributed by atoms with Crippen molar-refractivity contribution in [2.75, 3.05) is 5.32 Å². The van der Waals surface area contributed by atoms with Gasteiger partial charge in [-0.1, -0.05) is 23.7 Å². The fourth-order valence-corrected chi connectivity index (χ4v) is 2.11. The molecule has 0 saturated carbocycles. The number of amides is 2. The van der Waals surface area contributed by atoms with Crippen molar-refractivity contribution in [3.63, 3.8) is 0 Å². The number of carbonyl (C=O) groups is 1. The van der Waals surface area contributed by atoms with E-state index in [1.165, 1.54) is 12.3 Å². The zero-order valence-electron chi connectivity index (χ0n) is 13.3. The third-order valence-electron chi connectivity index (χ3n) is 3.21. The number of carbonyl (C=O) groups excluding carboxylic acids is 1. The van der Waals surface area contributed by atoms with E-state index in [0.29, 0.717) is 22.7 Å². The maximum absolute atomic E-state index is 12.8. The third-order valence-corrected chi connectivity index (χ3v) is 3.46. The van der Waals surface area contributed by atoms with Gasteiger partial charge < -0.3 is 10.6 Å². The van der Waals surface area contributed by atoms with Crippen LogP contribution in [0.5, 0.6) is 0 Å². The second-order valence-electron chi connectivity index (χ2n) is 5.28. The van der Waals surface area contributed by atoms with Gasteiger partial charge in [0.15, 0.2) is 0 Å². The first kappa shape index (κ1) is 20.6. The summed E-state index contributed by atoms with van der Waals surface area (Å²) in [6.07, 6.45) is -7.36. The number of benzene rings is 2. The Morgan fingerprint density at radius 3 is 1.89 bits per heavy atom. The van der Waals surface area contributed by atoms with E-state index in [0.717, 1.165) is 0 Å². The first-order chi connectivity index (χ1) is 12.4. The topological polar surface area (TPSA) is 41.1 Å². The molecule has 0 radical (unpaired) electrons. The molecule has 0 heterocycles. The van der Waals surface area contributed by atoms with E-state index in [4.69, 9.17) is 11.6 Å². The molecule has 2 aromatic rings. The molecule has 0 saturated heterocycles. The Morgan fingerprint density at radius 2 is 1.41 bits per heavy atom. The summed E-state index contributed by atoms with van der Waals surface area (Å²) in [4.78, 5) is 11.7. The van der Waals surface area contributed by atoms with E-state index in [1.807, 2.05) is 5.32 Å². The number of rotatable bonds is 3. The summed E-state index contributed by atoms with van der Waals surface area (Å²) < 4.78 is 76.7. The highest BCUT2D eigenvalue weighted by atomic mass is 35.5. The molecule has 3 nitrogen and oxygen atoms in total. The smallest absolute Gasteiger partial charge is 0.314 e. The van der Waals surface area contributed by atoms with E-state index in [1.54, 1.807) is 24.3 Å². The molecule has 0 aromatic heterocycles. The van der Waals surface area contributed by atoms with Crippen LogP contribution in [-0.4, -0.2) is 6.03 Å². The Kier molecular flexibility index (Phi) is 6.04. The molecule has 0 bridgehead atoms. The van der Waals surface area contributed by atoms with Gasteiger partial charge in [0.25, 0.3) is 0 Å². The molecule has 2 amide bonds. The highest BCUT2D eigenvalue weighted by Crippen LogP contribution is 2.37. The third kappa shape index (κ3) is 6.21. The molecule has 144 valence electrons. The number of nitrogens with one attached hydrogen (secondary N) is 2. The zero-order chi connectivity index (χ0) is 20.2. The van der Waals surface area contributed by atoms with Crippen molar-refractivity contribution in [2.45, 2.75) is 12.4 Å². The van der Waals surface area contributed by atoms with Crippen molar-refractivity contribution in [1.29, 1.82) is 0 Å². The van der Waals surface area contributed by atoms with E-state index in [-0.39, 0.29) is 6.07 Å². The summed E-state index contributed by atoms with van der Waals surface area (Å²) in [7, 11) is 0. The first-order valence-corrected chi connectivity index (χ1v) is 7.62. The molecule has 0 aliphatic carbocycles. The molecule has 27 heavy (non-hydrogen) atoms. The van der Waals surface area contributed by atoms with Crippen LogP contribution in [0.15, 0.2) is 48.7 Å². The minimum absolute atomic E-state index is 0.0243. The largest absolute Gasteiger partial charge is 0.416 e. The second-order valence-corrected chi connectivity index (χ2v) is 5.71. The molecule has 2 rings (SSSR count). The lowest BCUT2D eigenvalue weighted by Gasteiger charge is -2.14. The lowest BCUT2D eigenvalue weighted by Crippen LogP contribution is -2.24. The first-order valence-electron chi connectivity index (χ1n) is 7.24. The molecular formula is C17H11ClF6N2O. The maximum Gasteiger partial charge on any atom is 0.416 e. The highest BCUT2D eigenvalue weighted by Gasteiger charge is 2.37. The van der Waals surface area contributed by atoms with Crippen LogP contribution in [-0.2, 0) is 12.4 Å². The molecule has 0 spiro atoms. The molecule has 0 aliphatic rings. The summed E-state index contributed by atoms with van der Waals surface area (Å²) in [6, 6.07) is 6.28. The van der Waals surface area contributed by atoms with Gasteiger partial charge in [-0.2, -0.15) is 26.3 Å². The summed E-state index contributed by atoms with van der Waals surface area (Å²) in [5.74, 6) is 0. The number of hydrogen-bond donors (Lipinski definition) is 2. The van der Waals surface area contributed by atoms with Crippen molar-refractivity contribution in [3.8, 4) is 0 Å². The van der Waals surface area contributed by atoms with Crippen LogP contribution >= 0.6 is 11.6 Å². The van der Waals surface area contributed by atoms with Gasteiger partial charge in [-0.3, -0.25) is 0 Å². The molecule has 0 fully saturated rings. The van der Waals surface area contributed by atoms with Crippen LogP contribution in [0.4, 0.5) is 36.8 Å². The van der Waals surface area contributed by atoms with Gasteiger partial charge in [0.05, 0.1) is 11.1 Å². The van der Waals surface area contributed by atoms with Crippen LogP contribution in [0, 0.1) is 0 Å².